The molecule has 18 heavy (non-hydrogen) atoms. The summed E-state index contributed by atoms with van der Waals surface area (Å²) in [6, 6.07) is 7.25. The Hall–Kier alpha value is -1.90. The number of para-hydroxylation sites is 1. The van der Waals surface area contributed by atoms with Crippen LogP contribution in [0.25, 0.3) is 0 Å². The van der Waals surface area contributed by atoms with Gasteiger partial charge < -0.3 is 0 Å². The molecule has 3 nitrogen and oxygen atoms in total. The van der Waals surface area contributed by atoms with Crippen LogP contribution in [0, 0.1) is 5.92 Å². The van der Waals surface area contributed by atoms with Gasteiger partial charge in [0, 0.05) is 18.4 Å². The van der Waals surface area contributed by atoms with Crippen molar-refractivity contribution in [1.82, 2.24) is 0 Å². The lowest BCUT2D eigenvalue weighted by atomic mass is 9.82. The zero-order chi connectivity index (χ0) is 13.5. The van der Waals surface area contributed by atoms with Crippen LogP contribution in [0.4, 0.5) is 5.69 Å². The van der Waals surface area contributed by atoms with Crippen LogP contribution in [0.3, 0.4) is 0 Å². The number of carbonyl (C=O) groups excluding carboxylic acids is 2. The van der Waals surface area contributed by atoms with Gasteiger partial charge >= 0.3 is 0 Å². The minimum absolute atomic E-state index is 0.0132. The molecule has 0 aromatic heterocycles. The van der Waals surface area contributed by atoms with Gasteiger partial charge in [-0.1, -0.05) is 25.1 Å². The minimum Gasteiger partial charge on any atom is -0.298 e. The van der Waals surface area contributed by atoms with Gasteiger partial charge in [-0.3, -0.25) is 14.5 Å². The van der Waals surface area contributed by atoms with Crippen molar-refractivity contribution in [3.63, 3.8) is 0 Å². The number of Topliss-reactive ketones (excluding diaryl/α,β-unsaturated/α-hetero) is 1. The lowest BCUT2D eigenvalue weighted by Gasteiger charge is -2.37. The summed E-state index contributed by atoms with van der Waals surface area (Å²) < 4.78 is 0. The van der Waals surface area contributed by atoms with Gasteiger partial charge in [0.15, 0.2) is 5.78 Å². The SMILES string of the molecule is C=CC(C)C1(C)C(=O)c2ccccc2N1C(C)=O. The summed E-state index contributed by atoms with van der Waals surface area (Å²) in [4.78, 5) is 26.1. The molecule has 0 spiro atoms. The second-order valence-corrected chi connectivity index (χ2v) is 4.87. The summed E-state index contributed by atoms with van der Waals surface area (Å²) in [6.07, 6.45) is 1.72. The van der Waals surface area contributed by atoms with E-state index in [1.165, 1.54) is 6.92 Å². The van der Waals surface area contributed by atoms with E-state index in [1.807, 2.05) is 32.0 Å². The van der Waals surface area contributed by atoms with Gasteiger partial charge in [-0.15, -0.1) is 6.58 Å². The number of fused-ring (bicyclic) bond motifs is 1. The van der Waals surface area contributed by atoms with Crippen LogP contribution in [0.5, 0.6) is 0 Å². The molecule has 0 fully saturated rings. The molecule has 0 N–H and O–H groups in total. The highest BCUT2D eigenvalue weighted by Gasteiger charge is 2.51. The fourth-order valence-corrected chi connectivity index (χ4v) is 2.62. The average Bonchev–Trinajstić information content (AvgIpc) is 2.59. The van der Waals surface area contributed by atoms with Crippen LogP contribution >= 0.6 is 0 Å². The molecule has 2 rings (SSSR count). The Bertz CT molecular complexity index is 535. The Morgan fingerprint density at radius 1 is 1.44 bits per heavy atom. The molecule has 0 saturated heterocycles. The Morgan fingerprint density at radius 3 is 2.61 bits per heavy atom. The van der Waals surface area contributed by atoms with Gasteiger partial charge in [0.2, 0.25) is 5.91 Å². The average molecular weight is 243 g/mol. The van der Waals surface area contributed by atoms with E-state index in [4.69, 9.17) is 0 Å². The molecule has 0 aliphatic carbocycles. The Balaban J connectivity index is 2.68. The fourth-order valence-electron chi connectivity index (χ4n) is 2.62. The zero-order valence-corrected chi connectivity index (χ0v) is 10.9. The highest BCUT2D eigenvalue weighted by molar-refractivity contribution is 6.20. The van der Waals surface area contributed by atoms with E-state index in [0.29, 0.717) is 11.3 Å². The molecule has 1 aromatic carbocycles. The van der Waals surface area contributed by atoms with Crippen molar-refractivity contribution in [2.75, 3.05) is 4.90 Å². The lowest BCUT2D eigenvalue weighted by molar-refractivity contribution is -0.117. The van der Waals surface area contributed by atoms with Gasteiger partial charge in [0.05, 0.1) is 5.69 Å². The summed E-state index contributed by atoms with van der Waals surface area (Å²) >= 11 is 0. The second-order valence-electron chi connectivity index (χ2n) is 4.87. The summed E-state index contributed by atoms with van der Waals surface area (Å²) in [5.41, 5.74) is 0.451. The van der Waals surface area contributed by atoms with Crippen LogP contribution < -0.4 is 4.90 Å². The molecule has 2 unspecified atom stereocenters. The van der Waals surface area contributed by atoms with Crippen molar-refractivity contribution >= 4 is 17.4 Å². The maximum Gasteiger partial charge on any atom is 0.224 e. The first kappa shape index (κ1) is 12.6. The van der Waals surface area contributed by atoms with E-state index in [-0.39, 0.29) is 17.6 Å². The molecular formula is C15H17NO2. The molecule has 1 aliphatic heterocycles. The minimum atomic E-state index is -0.864. The van der Waals surface area contributed by atoms with Crippen LogP contribution in [0.1, 0.15) is 31.1 Å². The third-order valence-corrected chi connectivity index (χ3v) is 3.87. The molecule has 1 amide bonds. The highest BCUT2D eigenvalue weighted by atomic mass is 16.2. The number of rotatable bonds is 2. The fraction of sp³-hybridized carbons (Fsp3) is 0.333. The molecule has 3 heteroatoms. The molecule has 1 aliphatic rings. The molecule has 0 saturated carbocycles. The Morgan fingerprint density at radius 2 is 2.06 bits per heavy atom. The van der Waals surface area contributed by atoms with Crippen LogP contribution in [0.2, 0.25) is 0 Å². The van der Waals surface area contributed by atoms with Crippen molar-refractivity contribution in [3.8, 4) is 0 Å². The van der Waals surface area contributed by atoms with Gasteiger partial charge in [-0.25, -0.2) is 0 Å². The first-order valence-corrected chi connectivity index (χ1v) is 6.01. The number of ketones is 1. The van der Waals surface area contributed by atoms with Gasteiger partial charge in [0.1, 0.15) is 5.54 Å². The van der Waals surface area contributed by atoms with E-state index in [1.54, 1.807) is 17.0 Å². The first-order chi connectivity index (χ1) is 8.44. The van der Waals surface area contributed by atoms with Crippen molar-refractivity contribution in [2.24, 2.45) is 5.92 Å². The normalized spacial score (nSPS) is 23.7. The number of amides is 1. The summed E-state index contributed by atoms with van der Waals surface area (Å²) in [5.74, 6) is -0.244. The number of hydrogen-bond donors (Lipinski definition) is 0. The standard InChI is InChI=1S/C15H17NO2/c1-5-10(2)15(4)14(18)12-8-6-7-9-13(12)16(15)11(3)17/h5-10H,1H2,2-4H3. The topological polar surface area (TPSA) is 37.4 Å². The van der Waals surface area contributed by atoms with Crippen molar-refractivity contribution in [2.45, 2.75) is 26.3 Å². The van der Waals surface area contributed by atoms with E-state index < -0.39 is 5.54 Å². The first-order valence-electron chi connectivity index (χ1n) is 6.01. The monoisotopic (exact) mass is 243 g/mol. The Labute approximate surface area is 107 Å². The predicted molar refractivity (Wildman–Crippen MR) is 71.7 cm³/mol. The lowest BCUT2D eigenvalue weighted by Crippen LogP contribution is -2.54. The maximum atomic E-state index is 12.6. The van der Waals surface area contributed by atoms with E-state index >= 15 is 0 Å². The highest BCUT2D eigenvalue weighted by Crippen LogP contribution is 2.42. The third kappa shape index (κ3) is 1.43. The summed E-state index contributed by atoms with van der Waals surface area (Å²) in [6.45, 7) is 8.96. The van der Waals surface area contributed by atoms with E-state index in [2.05, 4.69) is 6.58 Å². The maximum absolute atomic E-state index is 12.6. The molecule has 0 radical (unpaired) electrons. The number of nitrogens with zero attached hydrogens (tertiary/aromatic N) is 1. The largest absolute Gasteiger partial charge is 0.298 e. The van der Waals surface area contributed by atoms with Crippen molar-refractivity contribution in [1.29, 1.82) is 0 Å². The summed E-state index contributed by atoms with van der Waals surface area (Å²) in [7, 11) is 0. The number of benzene rings is 1. The predicted octanol–water partition coefficient (Wildman–Crippen LogP) is 2.82. The number of hydrogen-bond acceptors (Lipinski definition) is 2. The smallest absolute Gasteiger partial charge is 0.224 e. The number of anilines is 1. The van der Waals surface area contributed by atoms with Gasteiger partial charge in [0.25, 0.3) is 0 Å². The molecule has 2 atom stereocenters. The third-order valence-electron chi connectivity index (χ3n) is 3.87. The van der Waals surface area contributed by atoms with Crippen LogP contribution in [-0.4, -0.2) is 17.2 Å². The molecule has 0 bridgehead atoms. The molecule has 1 aromatic rings. The van der Waals surface area contributed by atoms with E-state index in [9.17, 15) is 9.59 Å². The van der Waals surface area contributed by atoms with Gasteiger partial charge in [-0.2, -0.15) is 0 Å². The van der Waals surface area contributed by atoms with E-state index in [0.717, 1.165) is 0 Å². The van der Waals surface area contributed by atoms with Gasteiger partial charge in [-0.05, 0) is 19.1 Å². The number of carbonyl (C=O) groups is 2. The molecule has 1 heterocycles. The van der Waals surface area contributed by atoms with Crippen molar-refractivity contribution < 1.29 is 9.59 Å². The Kier molecular flexibility index (Phi) is 2.85. The van der Waals surface area contributed by atoms with Crippen molar-refractivity contribution in [3.05, 3.63) is 42.5 Å². The summed E-state index contributed by atoms with van der Waals surface area (Å²) in [5, 5.41) is 0. The van der Waals surface area contributed by atoms with Crippen LogP contribution in [-0.2, 0) is 4.79 Å². The quantitative estimate of drug-likeness (QED) is 0.749. The molecular weight excluding hydrogens is 226 g/mol. The zero-order valence-electron chi connectivity index (χ0n) is 10.9. The second kappa shape index (κ2) is 4.09. The van der Waals surface area contributed by atoms with Crippen LogP contribution in [0.15, 0.2) is 36.9 Å². The molecule has 94 valence electrons.